The van der Waals surface area contributed by atoms with E-state index in [0.29, 0.717) is 0 Å². The lowest BCUT2D eigenvalue weighted by molar-refractivity contribution is -0.771. The Morgan fingerprint density at radius 3 is 1.61 bits per heavy atom. The number of benzene rings is 1. The molecule has 2 aromatic heterocycles. The van der Waals surface area contributed by atoms with E-state index < -0.39 is 0 Å². The van der Waals surface area contributed by atoms with E-state index in [4.69, 9.17) is 0 Å². The minimum absolute atomic E-state index is 1.07. The average molecular weight is 238 g/mol. The maximum atomic E-state index is 2.36. The van der Waals surface area contributed by atoms with Gasteiger partial charge >= 0.3 is 0 Å². The third-order valence-corrected chi connectivity index (χ3v) is 3.45. The van der Waals surface area contributed by atoms with Gasteiger partial charge in [0, 0.05) is 12.1 Å². The lowest BCUT2D eigenvalue weighted by Gasteiger charge is -2.08. The summed E-state index contributed by atoms with van der Waals surface area (Å²) in [6, 6.07) is 13.1. The molecule has 0 saturated heterocycles. The van der Waals surface area contributed by atoms with Crippen molar-refractivity contribution in [3.63, 3.8) is 0 Å². The second-order valence-corrected chi connectivity index (χ2v) is 4.34. The summed E-state index contributed by atoms with van der Waals surface area (Å²) in [6.45, 7) is 6.14. The highest BCUT2D eigenvalue weighted by Gasteiger charge is 2.26. The van der Waals surface area contributed by atoms with Gasteiger partial charge in [-0.05, 0) is 24.3 Å². The number of hydrogen-bond acceptors (Lipinski definition) is 0. The molecule has 0 atom stereocenters. The summed E-state index contributed by atoms with van der Waals surface area (Å²) in [5, 5.41) is 2.66. The van der Waals surface area contributed by atoms with Crippen LogP contribution in [-0.4, -0.2) is 0 Å². The van der Waals surface area contributed by atoms with Gasteiger partial charge in [-0.25, -0.2) is 0 Å². The number of pyridine rings is 2. The first-order chi connectivity index (χ1) is 8.93. The molecule has 1 aromatic carbocycles. The van der Waals surface area contributed by atoms with E-state index in [9.17, 15) is 0 Å². The van der Waals surface area contributed by atoms with Crippen LogP contribution < -0.4 is 9.13 Å². The first kappa shape index (κ1) is 11.1. The van der Waals surface area contributed by atoms with Crippen molar-refractivity contribution in [2.75, 3.05) is 0 Å². The van der Waals surface area contributed by atoms with Gasteiger partial charge in [0.05, 0.1) is 10.8 Å². The van der Waals surface area contributed by atoms with E-state index in [2.05, 4.69) is 57.9 Å². The first-order valence-electron chi connectivity index (χ1n) is 6.67. The van der Waals surface area contributed by atoms with Gasteiger partial charge in [0.15, 0.2) is 12.4 Å². The zero-order valence-corrected chi connectivity index (χ0v) is 10.9. The highest BCUT2D eigenvalue weighted by molar-refractivity contribution is 5.98. The van der Waals surface area contributed by atoms with E-state index in [1.807, 2.05) is 13.8 Å². The number of nitrogens with zero attached hydrogens (tertiary/aromatic N) is 2. The monoisotopic (exact) mass is 238 g/mol. The molecule has 0 N–H and O–H groups in total. The number of hydrogen-bond donors (Lipinski definition) is 0. The van der Waals surface area contributed by atoms with Crippen LogP contribution in [0.15, 0.2) is 48.8 Å². The molecule has 0 bridgehead atoms. The smallest absolute Gasteiger partial charge is 0.186 e. The van der Waals surface area contributed by atoms with Crippen LogP contribution in [0.25, 0.3) is 21.8 Å². The molecular weight excluding hydrogens is 220 g/mol. The molecule has 2 nitrogen and oxygen atoms in total. The molecule has 0 amide bonds. The van der Waals surface area contributed by atoms with Gasteiger partial charge in [-0.1, -0.05) is 13.8 Å². The Morgan fingerprint density at radius 2 is 1.17 bits per heavy atom. The van der Waals surface area contributed by atoms with Crippen LogP contribution in [0.1, 0.15) is 13.8 Å². The molecule has 0 spiro atoms. The summed E-state index contributed by atoms with van der Waals surface area (Å²) < 4.78 is 4.72. The fraction of sp³-hybridized carbons (Fsp3) is 0.250. The molecule has 1 aliphatic heterocycles. The standard InChI is InChI=1S/C14H12N2.C2H6/c1-3-11-5-6-12-4-2-8-16-10-9-15(7-1)13(11)14(12)16;1-2/h1-8H,9-10H2;1-2H3/q+2;. The highest BCUT2D eigenvalue weighted by atomic mass is 15.1. The van der Waals surface area contributed by atoms with Gasteiger partial charge in [-0.2, -0.15) is 9.13 Å². The van der Waals surface area contributed by atoms with Crippen molar-refractivity contribution in [3.8, 4) is 0 Å². The number of aryl methyl sites for hydroxylation is 2. The molecule has 0 fully saturated rings. The molecule has 0 radical (unpaired) electrons. The Kier molecular flexibility index (Phi) is 2.71. The third kappa shape index (κ3) is 1.49. The van der Waals surface area contributed by atoms with Crippen LogP contribution in [-0.2, 0) is 13.1 Å². The van der Waals surface area contributed by atoms with Crippen molar-refractivity contribution in [3.05, 3.63) is 48.8 Å². The van der Waals surface area contributed by atoms with Gasteiger partial charge in [0.2, 0.25) is 13.1 Å². The summed E-state index contributed by atoms with van der Waals surface area (Å²) >= 11 is 0. The maximum Gasteiger partial charge on any atom is 0.285 e. The average Bonchev–Trinajstić information content (AvgIpc) is 2.47. The summed E-state index contributed by atoms with van der Waals surface area (Å²) in [6.07, 6.45) is 4.36. The SMILES string of the molecule is CC.c1cc2ccc3ccc[n+]4c3c2[n+](c1)CC4. The number of rotatable bonds is 0. The van der Waals surface area contributed by atoms with Crippen LogP contribution in [0.3, 0.4) is 0 Å². The zero-order valence-electron chi connectivity index (χ0n) is 10.9. The van der Waals surface area contributed by atoms with Gasteiger partial charge < -0.3 is 0 Å². The predicted octanol–water partition coefficient (Wildman–Crippen LogP) is 2.61. The summed E-state index contributed by atoms with van der Waals surface area (Å²) in [4.78, 5) is 0. The minimum Gasteiger partial charge on any atom is -0.186 e. The molecule has 0 unspecified atom stereocenters. The lowest BCUT2D eigenvalue weighted by atomic mass is 10.1. The van der Waals surface area contributed by atoms with Gasteiger partial charge in [-0.3, -0.25) is 0 Å². The molecule has 1 aliphatic rings. The predicted molar refractivity (Wildman–Crippen MR) is 73.2 cm³/mol. The van der Waals surface area contributed by atoms with E-state index in [-0.39, 0.29) is 0 Å². The van der Waals surface area contributed by atoms with E-state index in [0.717, 1.165) is 13.1 Å². The molecule has 4 rings (SSSR count). The Balaban J connectivity index is 0.000000478. The number of aromatic nitrogens is 2. The van der Waals surface area contributed by atoms with Crippen molar-refractivity contribution < 1.29 is 9.13 Å². The Labute approximate surface area is 107 Å². The van der Waals surface area contributed by atoms with Crippen molar-refractivity contribution in [1.29, 1.82) is 0 Å². The molecule has 18 heavy (non-hydrogen) atoms. The molecule has 2 heteroatoms. The van der Waals surface area contributed by atoms with Gasteiger partial charge in [0.1, 0.15) is 0 Å². The van der Waals surface area contributed by atoms with E-state index >= 15 is 0 Å². The second-order valence-electron chi connectivity index (χ2n) is 4.34. The van der Waals surface area contributed by atoms with Crippen molar-refractivity contribution in [1.82, 2.24) is 0 Å². The Hall–Kier alpha value is -1.96. The topological polar surface area (TPSA) is 7.76 Å². The van der Waals surface area contributed by atoms with Crippen molar-refractivity contribution in [2.24, 2.45) is 0 Å². The van der Waals surface area contributed by atoms with E-state index in [1.165, 1.54) is 21.8 Å². The highest BCUT2D eigenvalue weighted by Crippen LogP contribution is 2.20. The van der Waals surface area contributed by atoms with Gasteiger partial charge in [-0.15, -0.1) is 0 Å². The fourth-order valence-corrected chi connectivity index (χ4v) is 2.72. The molecular formula is C16H18N2+2. The lowest BCUT2D eigenvalue weighted by Crippen LogP contribution is -2.50. The third-order valence-electron chi connectivity index (χ3n) is 3.45. The van der Waals surface area contributed by atoms with Crippen LogP contribution >= 0.6 is 0 Å². The Morgan fingerprint density at radius 1 is 0.722 bits per heavy atom. The molecule has 90 valence electrons. The Bertz CT molecular complexity index is 654. The summed E-state index contributed by atoms with van der Waals surface area (Å²) in [5.74, 6) is 0. The quantitative estimate of drug-likeness (QED) is 0.420. The van der Waals surface area contributed by atoms with Crippen LogP contribution in [0.5, 0.6) is 0 Å². The molecule has 3 heterocycles. The van der Waals surface area contributed by atoms with Crippen LogP contribution in [0.4, 0.5) is 0 Å². The van der Waals surface area contributed by atoms with E-state index in [1.54, 1.807) is 0 Å². The van der Waals surface area contributed by atoms with Gasteiger partial charge in [0.25, 0.3) is 11.0 Å². The molecule has 0 aliphatic carbocycles. The minimum atomic E-state index is 1.07. The molecule has 0 saturated carbocycles. The van der Waals surface area contributed by atoms with Crippen LogP contribution in [0, 0.1) is 0 Å². The largest absolute Gasteiger partial charge is 0.285 e. The molecule has 3 aromatic rings. The summed E-state index contributed by atoms with van der Waals surface area (Å²) in [7, 11) is 0. The zero-order chi connectivity index (χ0) is 12.5. The van der Waals surface area contributed by atoms with Crippen molar-refractivity contribution in [2.45, 2.75) is 26.9 Å². The van der Waals surface area contributed by atoms with Crippen LogP contribution in [0.2, 0.25) is 0 Å². The summed E-state index contributed by atoms with van der Waals surface area (Å²) in [5.41, 5.74) is 2.73. The van der Waals surface area contributed by atoms with Crippen molar-refractivity contribution >= 4 is 21.8 Å². The fourth-order valence-electron chi connectivity index (χ4n) is 2.72. The first-order valence-corrected chi connectivity index (χ1v) is 6.67. The second kappa shape index (κ2) is 4.37. The normalized spacial score (nSPS) is 12.6. The maximum absolute atomic E-state index is 2.36.